The molecule has 0 radical (unpaired) electrons. The minimum Gasteiger partial charge on any atom is -0.505 e. The topological polar surface area (TPSA) is 33.1 Å². The fraction of sp³-hybridized carbons (Fsp3) is 0.286. The van der Waals surface area contributed by atoms with Crippen LogP contribution in [0, 0.1) is 3.57 Å². The van der Waals surface area contributed by atoms with Gasteiger partial charge in [-0.3, -0.25) is 4.98 Å². The predicted molar refractivity (Wildman–Crippen MR) is 53.1 cm³/mol. The van der Waals surface area contributed by atoms with Gasteiger partial charge in [0, 0.05) is 0 Å². The monoisotopic (exact) mass is 319 g/mol. The SMILES string of the molecule is Oc1cnc(CCl)c(C(F)F)c1I. The van der Waals surface area contributed by atoms with Gasteiger partial charge in [0.2, 0.25) is 0 Å². The Morgan fingerprint density at radius 3 is 2.69 bits per heavy atom. The lowest BCUT2D eigenvalue weighted by Crippen LogP contribution is -1.99. The highest BCUT2D eigenvalue weighted by Gasteiger charge is 2.19. The zero-order chi connectivity index (χ0) is 10.0. The number of hydrogen-bond donors (Lipinski definition) is 1. The zero-order valence-corrected chi connectivity index (χ0v) is 9.18. The third kappa shape index (κ3) is 2.19. The highest BCUT2D eigenvalue weighted by Crippen LogP contribution is 2.32. The van der Waals surface area contributed by atoms with Gasteiger partial charge in [-0.2, -0.15) is 0 Å². The van der Waals surface area contributed by atoms with Crippen molar-refractivity contribution < 1.29 is 13.9 Å². The van der Waals surface area contributed by atoms with E-state index in [0.717, 1.165) is 6.20 Å². The summed E-state index contributed by atoms with van der Waals surface area (Å²) in [6.45, 7) is 0. The lowest BCUT2D eigenvalue weighted by atomic mass is 10.2. The molecule has 13 heavy (non-hydrogen) atoms. The van der Waals surface area contributed by atoms with Crippen LogP contribution in [0.2, 0.25) is 0 Å². The summed E-state index contributed by atoms with van der Waals surface area (Å²) in [4.78, 5) is 3.61. The first-order chi connectivity index (χ1) is 6.07. The van der Waals surface area contributed by atoms with Crippen LogP contribution in [-0.2, 0) is 5.88 Å². The summed E-state index contributed by atoms with van der Waals surface area (Å²) in [6.07, 6.45) is -1.55. The zero-order valence-electron chi connectivity index (χ0n) is 6.27. The molecule has 0 aliphatic heterocycles. The molecule has 0 fully saturated rings. The number of halogens is 4. The van der Waals surface area contributed by atoms with Gasteiger partial charge in [-0.15, -0.1) is 11.6 Å². The molecule has 0 saturated carbocycles. The maximum Gasteiger partial charge on any atom is 0.266 e. The first-order valence-corrected chi connectivity index (χ1v) is 4.89. The van der Waals surface area contributed by atoms with Gasteiger partial charge in [-0.25, -0.2) is 8.78 Å². The largest absolute Gasteiger partial charge is 0.505 e. The molecule has 1 N–H and O–H groups in total. The minimum absolute atomic E-state index is 0.0873. The highest BCUT2D eigenvalue weighted by molar-refractivity contribution is 14.1. The molecule has 6 heteroatoms. The van der Waals surface area contributed by atoms with Crippen LogP contribution in [0.15, 0.2) is 6.20 Å². The average Bonchev–Trinajstić information content (AvgIpc) is 2.08. The van der Waals surface area contributed by atoms with E-state index in [1.807, 2.05) is 0 Å². The van der Waals surface area contributed by atoms with Gasteiger partial charge in [-0.1, -0.05) is 0 Å². The summed E-state index contributed by atoms with van der Waals surface area (Å²) in [5, 5.41) is 9.12. The van der Waals surface area contributed by atoms with Crippen LogP contribution in [0.25, 0.3) is 0 Å². The van der Waals surface area contributed by atoms with Crippen LogP contribution in [0.4, 0.5) is 8.78 Å². The number of aromatic hydroxyl groups is 1. The second-order valence-electron chi connectivity index (χ2n) is 2.25. The Hall–Kier alpha value is -0.170. The van der Waals surface area contributed by atoms with Gasteiger partial charge in [0.25, 0.3) is 6.43 Å². The maximum atomic E-state index is 12.4. The number of rotatable bonds is 2. The molecule has 0 aromatic carbocycles. The van der Waals surface area contributed by atoms with Crippen LogP contribution in [-0.4, -0.2) is 10.1 Å². The fourth-order valence-electron chi connectivity index (χ4n) is 0.858. The van der Waals surface area contributed by atoms with Crippen LogP contribution < -0.4 is 0 Å². The maximum absolute atomic E-state index is 12.4. The second kappa shape index (κ2) is 4.36. The van der Waals surface area contributed by atoms with E-state index in [2.05, 4.69) is 4.98 Å². The van der Waals surface area contributed by atoms with Gasteiger partial charge in [0.1, 0.15) is 5.75 Å². The summed E-state index contributed by atoms with van der Waals surface area (Å²) in [6, 6.07) is 0. The quantitative estimate of drug-likeness (QED) is 0.671. The molecule has 1 rings (SSSR count). The standard InChI is InChI=1S/C7H5ClF2INO/c8-1-3-5(7(9)10)6(11)4(13)2-12-3/h2,7,13H,1H2. The molecule has 0 amide bonds. The summed E-state index contributed by atoms with van der Waals surface area (Å²) < 4.78 is 25.0. The van der Waals surface area contributed by atoms with Crippen molar-refractivity contribution in [3.63, 3.8) is 0 Å². The Balaban J connectivity index is 3.32. The second-order valence-corrected chi connectivity index (χ2v) is 3.60. The third-order valence-electron chi connectivity index (χ3n) is 1.46. The highest BCUT2D eigenvalue weighted by atomic mass is 127. The van der Waals surface area contributed by atoms with Crippen molar-refractivity contribution in [1.82, 2.24) is 4.98 Å². The van der Waals surface area contributed by atoms with E-state index in [9.17, 15) is 8.78 Å². The molecular formula is C7H5ClF2INO. The Morgan fingerprint density at radius 1 is 1.62 bits per heavy atom. The molecule has 0 unspecified atom stereocenters. The summed E-state index contributed by atoms with van der Waals surface area (Å²) in [7, 11) is 0. The number of alkyl halides is 3. The van der Waals surface area contributed by atoms with E-state index < -0.39 is 6.43 Å². The molecule has 0 aliphatic carbocycles. The van der Waals surface area contributed by atoms with Gasteiger partial charge >= 0.3 is 0 Å². The molecule has 1 aromatic rings. The van der Waals surface area contributed by atoms with Crippen LogP contribution in [0.3, 0.4) is 0 Å². The predicted octanol–water partition coefficient (Wildman–Crippen LogP) is 3.07. The van der Waals surface area contributed by atoms with E-state index in [0.29, 0.717) is 0 Å². The van der Waals surface area contributed by atoms with Crippen molar-refractivity contribution in [2.45, 2.75) is 12.3 Å². The van der Waals surface area contributed by atoms with Gasteiger partial charge in [0.15, 0.2) is 0 Å². The van der Waals surface area contributed by atoms with Crippen LogP contribution in [0.5, 0.6) is 5.75 Å². The fourth-order valence-corrected chi connectivity index (χ4v) is 1.76. The van der Waals surface area contributed by atoms with Gasteiger partial charge < -0.3 is 5.11 Å². The average molecular weight is 319 g/mol. The van der Waals surface area contributed by atoms with Gasteiger partial charge in [-0.05, 0) is 22.6 Å². The molecule has 1 aromatic heterocycles. The molecule has 0 atom stereocenters. The van der Waals surface area contributed by atoms with Crippen molar-refractivity contribution in [2.75, 3.05) is 0 Å². The number of hydrogen-bond acceptors (Lipinski definition) is 2. The molecule has 0 aliphatic rings. The summed E-state index contributed by atoms with van der Waals surface area (Å²) >= 11 is 7.06. The molecule has 0 bridgehead atoms. The Labute approximate surface area is 92.1 Å². The number of aromatic nitrogens is 1. The number of pyridine rings is 1. The van der Waals surface area contributed by atoms with E-state index in [1.54, 1.807) is 22.6 Å². The third-order valence-corrected chi connectivity index (χ3v) is 2.85. The van der Waals surface area contributed by atoms with E-state index >= 15 is 0 Å². The van der Waals surface area contributed by atoms with Crippen molar-refractivity contribution in [1.29, 1.82) is 0 Å². The Bertz CT molecular complexity index is 322. The molecule has 0 saturated heterocycles. The lowest BCUT2D eigenvalue weighted by molar-refractivity contribution is 0.148. The van der Waals surface area contributed by atoms with Crippen molar-refractivity contribution in [2.24, 2.45) is 0 Å². The van der Waals surface area contributed by atoms with E-state index in [1.165, 1.54) is 0 Å². The Morgan fingerprint density at radius 2 is 2.23 bits per heavy atom. The summed E-state index contributed by atoms with van der Waals surface area (Å²) in [5.74, 6) is -0.333. The molecular weight excluding hydrogens is 314 g/mol. The normalized spacial score (nSPS) is 10.8. The Kier molecular flexibility index (Phi) is 3.66. The smallest absolute Gasteiger partial charge is 0.266 e. The van der Waals surface area contributed by atoms with E-state index in [4.69, 9.17) is 16.7 Å². The summed E-state index contributed by atoms with van der Waals surface area (Å²) in [5.41, 5.74) is -0.172. The first-order valence-electron chi connectivity index (χ1n) is 3.28. The van der Waals surface area contributed by atoms with Gasteiger partial charge in [0.05, 0.1) is 26.9 Å². The molecule has 72 valence electrons. The van der Waals surface area contributed by atoms with Crippen molar-refractivity contribution >= 4 is 34.2 Å². The van der Waals surface area contributed by atoms with Crippen molar-refractivity contribution in [3.05, 3.63) is 21.0 Å². The minimum atomic E-state index is -2.67. The molecule has 2 nitrogen and oxygen atoms in total. The van der Waals surface area contributed by atoms with E-state index in [-0.39, 0.29) is 26.5 Å². The van der Waals surface area contributed by atoms with Crippen LogP contribution >= 0.6 is 34.2 Å². The molecule has 0 spiro atoms. The van der Waals surface area contributed by atoms with Crippen LogP contribution in [0.1, 0.15) is 17.7 Å². The number of nitrogens with zero attached hydrogens (tertiary/aromatic N) is 1. The first kappa shape index (κ1) is 10.9. The lowest BCUT2D eigenvalue weighted by Gasteiger charge is -2.08. The molecule has 1 heterocycles. The van der Waals surface area contributed by atoms with Crippen molar-refractivity contribution in [3.8, 4) is 5.75 Å².